The molecule has 0 spiro atoms. The molecule has 0 fully saturated rings. The average molecular weight is 602 g/mol. The zero-order valence-corrected chi connectivity index (χ0v) is 26.3. The summed E-state index contributed by atoms with van der Waals surface area (Å²) in [6.07, 6.45) is 16.4. The van der Waals surface area contributed by atoms with Crippen LogP contribution in [0.2, 0.25) is 0 Å². The first-order valence-corrected chi connectivity index (χ1v) is 19.4. The Balaban J connectivity index is 1.49. The number of benzene rings is 4. The molecule has 0 amide bonds. The average Bonchev–Trinajstić information content (AvgIpc) is 3.01. The molecule has 2 heteroatoms. The van der Waals surface area contributed by atoms with Crippen molar-refractivity contribution in [2.75, 3.05) is 0 Å². The normalized spacial score (nSPS) is 12.6. The van der Waals surface area contributed by atoms with Crippen molar-refractivity contribution in [3.05, 3.63) is 121 Å². The van der Waals surface area contributed by atoms with Gasteiger partial charge in [0.25, 0.3) is 0 Å². The Morgan fingerprint density at radius 1 is 0.410 bits per heavy atom. The van der Waals surface area contributed by atoms with Crippen LogP contribution in [0.4, 0.5) is 0 Å². The van der Waals surface area contributed by atoms with Crippen LogP contribution in [0.3, 0.4) is 0 Å². The summed E-state index contributed by atoms with van der Waals surface area (Å²) in [5, 5.41) is 2.25. The van der Waals surface area contributed by atoms with Crippen LogP contribution in [-0.4, -0.2) is 0 Å². The van der Waals surface area contributed by atoms with E-state index in [4.69, 9.17) is 0 Å². The summed E-state index contributed by atoms with van der Waals surface area (Å²) in [5.41, 5.74) is 1.45. The second-order valence-corrected chi connectivity index (χ2v) is 19.3. The van der Waals surface area contributed by atoms with Crippen molar-refractivity contribution in [1.82, 2.24) is 0 Å². The Bertz CT molecular complexity index is 1120. The van der Waals surface area contributed by atoms with Gasteiger partial charge in [0.2, 0.25) is 0 Å². The van der Waals surface area contributed by atoms with Gasteiger partial charge >= 0.3 is 214 Å². The van der Waals surface area contributed by atoms with E-state index in [1.807, 2.05) is 0 Å². The molecule has 0 aliphatic rings. The van der Waals surface area contributed by atoms with Gasteiger partial charge in [-0.3, -0.25) is 0 Å². The molecule has 4 aromatic rings. The van der Waals surface area contributed by atoms with Crippen LogP contribution in [-0.2, 0) is 6.42 Å². The molecular weight excluding hydrogens is 555 g/mol. The molecule has 0 saturated heterocycles. The molecule has 4 rings (SSSR count). The van der Waals surface area contributed by atoms with E-state index in [1.54, 1.807) is 0 Å². The van der Waals surface area contributed by atoms with Gasteiger partial charge in [-0.15, -0.1) is 0 Å². The molecule has 4 aromatic carbocycles. The molecule has 0 aliphatic heterocycles. The second-order valence-electron chi connectivity index (χ2n) is 11.0. The van der Waals surface area contributed by atoms with Gasteiger partial charge in [-0.1, -0.05) is 32.6 Å². The topological polar surface area (TPSA) is 0 Å². The number of unbranched alkanes of at least 4 members (excludes halogenated alkanes) is 10. The molecule has 0 atom stereocenters. The summed E-state index contributed by atoms with van der Waals surface area (Å²) in [7, 11) is 0. The van der Waals surface area contributed by atoms with Gasteiger partial charge in [-0.05, 0) is 0 Å². The molecule has 0 saturated carbocycles. The van der Waals surface area contributed by atoms with E-state index in [0.717, 1.165) is 6.42 Å². The number of rotatable bonds is 16. The summed E-state index contributed by atoms with van der Waals surface area (Å²) in [6, 6.07) is 42.7. The monoisotopic (exact) mass is 600 g/mol. The minimum absolute atomic E-state index is 1.16. The maximum absolute atomic E-state index is 4.59. The predicted octanol–water partition coefficient (Wildman–Crippen LogP) is 10.0. The van der Waals surface area contributed by atoms with Gasteiger partial charge in [0.05, 0.1) is 0 Å². The van der Waals surface area contributed by atoms with Crippen LogP contribution in [0.15, 0.2) is 115 Å². The number of hydrogen-bond acceptors (Lipinski definition) is 0. The van der Waals surface area contributed by atoms with E-state index < -0.39 is 5.31 Å². The van der Waals surface area contributed by atoms with Crippen molar-refractivity contribution >= 4 is 42.0 Å². The molecule has 0 aromatic heterocycles. The molecule has 0 radical (unpaired) electrons. The molecular formula is C37H46BrP. The Labute approximate surface area is 245 Å². The van der Waals surface area contributed by atoms with Gasteiger partial charge in [-0.25, -0.2) is 0 Å². The zero-order chi connectivity index (χ0) is 27.3. The van der Waals surface area contributed by atoms with Gasteiger partial charge in [0.1, 0.15) is 0 Å². The molecule has 0 unspecified atom stereocenters. The fourth-order valence-corrected chi connectivity index (χ4v) is 13.5. The summed E-state index contributed by atoms with van der Waals surface area (Å²) < 4.78 is 0. The van der Waals surface area contributed by atoms with Crippen molar-refractivity contribution in [1.29, 1.82) is 0 Å². The SMILES string of the molecule is CCCCCCCCCCCCCc1ccc(P(Br)(c2ccccc2)(c2ccccc2)c2ccccc2)cc1. The van der Waals surface area contributed by atoms with Crippen LogP contribution < -0.4 is 21.2 Å². The number of hydrogen-bond donors (Lipinski definition) is 0. The van der Waals surface area contributed by atoms with Crippen molar-refractivity contribution in [3.8, 4) is 0 Å². The number of halogens is 1. The molecule has 0 aliphatic carbocycles. The molecule has 0 heterocycles. The first-order chi connectivity index (χ1) is 19.2. The summed E-state index contributed by atoms with van der Waals surface area (Å²) >= 11 is 4.59. The predicted molar refractivity (Wildman–Crippen MR) is 180 cm³/mol. The van der Waals surface area contributed by atoms with Crippen LogP contribution in [0.1, 0.15) is 83.1 Å². The van der Waals surface area contributed by atoms with E-state index in [0.29, 0.717) is 0 Å². The van der Waals surface area contributed by atoms with Crippen molar-refractivity contribution < 1.29 is 0 Å². The molecule has 0 N–H and O–H groups in total. The van der Waals surface area contributed by atoms with Gasteiger partial charge in [-0.2, -0.15) is 0 Å². The fraction of sp³-hybridized carbons (Fsp3) is 0.351. The van der Waals surface area contributed by atoms with E-state index in [2.05, 4.69) is 138 Å². The zero-order valence-electron chi connectivity index (χ0n) is 23.8. The van der Waals surface area contributed by atoms with Gasteiger partial charge < -0.3 is 0 Å². The Morgan fingerprint density at radius 2 is 0.744 bits per heavy atom. The van der Waals surface area contributed by atoms with E-state index in [-0.39, 0.29) is 0 Å². The van der Waals surface area contributed by atoms with Crippen molar-refractivity contribution in [3.63, 3.8) is 0 Å². The van der Waals surface area contributed by atoms with Crippen molar-refractivity contribution in [2.24, 2.45) is 0 Å². The quantitative estimate of drug-likeness (QED) is 0.0886. The van der Waals surface area contributed by atoms with Gasteiger partial charge in [0.15, 0.2) is 0 Å². The third-order valence-electron chi connectivity index (χ3n) is 8.21. The van der Waals surface area contributed by atoms with E-state index in [1.165, 1.54) is 97.4 Å². The third kappa shape index (κ3) is 6.93. The molecule has 206 valence electrons. The third-order valence-corrected chi connectivity index (χ3v) is 18.2. The van der Waals surface area contributed by atoms with Crippen molar-refractivity contribution in [2.45, 2.75) is 84.0 Å². The minimum atomic E-state index is -3.10. The summed E-state index contributed by atoms with van der Waals surface area (Å²) in [5.74, 6) is 0. The maximum atomic E-state index is 4.59. The van der Waals surface area contributed by atoms with Crippen LogP contribution in [0, 0.1) is 0 Å². The van der Waals surface area contributed by atoms with Gasteiger partial charge in [0, 0.05) is 0 Å². The second kappa shape index (κ2) is 15.0. The van der Waals surface area contributed by atoms with E-state index >= 15 is 0 Å². The standard InChI is InChI=1S/C37H46BrP/c1-2-3-4-5-6-7-8-9-10-11-15-22-33-29-31-37(32-30-33)39(38,34-23-16-12-17-24-34,35-25-18-13-19-26-35)36-27-20-14-21-28-36/h12-14,16-21,23-32H,2-11,15,22H2,1H3. The fourth-order valence-electron chi connectivity index (χ4n) is 5.95. The Kier molecular flexibility index (Phi) is 11.4. The Morgan fingerprint density at radius 3 is 1.13 bits per heavy atom. The van der Waals surface area contributed by atoms with Crippen LogP contribution in [0.5, 0.6) is 0 Å². The Hall–Kier alpha value is -2.21. The van der Waals surface area contributed by atoms with Crippen LogP contribution in [0.25, 0.3) is 0 Å². The first-order valence-electron chi connectivity index (χ1n) is 15.2. The van der Waals surface area contributed by atoms with E-state index in [9.17, 15) is 0 Å². The van der Waals surface area contributed by atoms with Crippen LogP contribution >= 0.6 is 20.8 Å². The molecule has 0 bridgehead atoms. The number of aryl methyl sites for hydroxylation is 1. The molecule has 39 heavy (non-hydrogen) atoms. The molecule has 0 nitrogen and oxygen atoms in total. The first kappa shape index (κ1) is 29.8. The summed E-state index contributed by atoms with van der Waals surface area (Å²) in [4.78, 5) is 0. The summed E-state index contributed by atoms with van der Waals surface area (Å²) in [6.45, 7) is 2.29.